The van der Waals surface area contributed by atoms with Crippen molar-refractivity contribution < 1.29 is 14.2 Å². The summed E-state index contributed by atoms with van der Waals surface area (Å²) >= 11 is 0. The molecule has 15 heavy (non-hydrogen) atoms. The van der Waals surface area contributed by atoms with Crippen LogP contribution < -0.4 is 5.32 Å². The van der Waals surface area contributed by atoms with Gasteiger partial charge in [0.25, 0.3) is 0 Å². The quantitative estimate of drug-likeness (QED) is 0.709. The molecule has 0 aromatic heterocycles. The summed E-state index contributed by atoms with van der Waals surface area (Å²) in [5.74, 6) is 0.103. The second-order valence-electron chi connectivity index (χ2n) is 3.66. The molecule has 1 N–H and O–H groups in total. The van der Waals surface area contributed by atoms with E-state index in [-0.39, 0.29) is 7.18 Å². The van der Waals surface area contributed by atoms with E-state index >= 15 is 0 Å². The summed E-state index contributed by atoms with van der Waals surface area (Å²) in [6, 6.07) is 0. The summed E-state index contributed by atoms with van der Waals surface area (Å²) < 4.78 is 35.0. The molecule has 0 atom stereocenters. The van der Waals surface area contributed by atoms with Crippen LogP contribution in [0.15, 0.2) is 11.5 Å². The van der Waals surface area contributed by atoms with E-state index in [0.29, 0.717) is 26.2 Å². The summed E-state index contributed by atoms with van der Waals surface area (Å²) in [6.45, 7) is 1.80. The van der Waals surface area contributed by atoms with Crippen LogP contribution in [0.25, 0.3) is 0 Å². The highest BCUT2D eigenvalue weighted by Crippen LogP contribution is 2.10. The molecule has 1 aliphatic heterocycles. The molecule has 0 bridgehead atoms. The van der Waals surface area contributed by atoms with Crippen LogP contribution in [0.2, 0.25) is 0 Å². The summed E-state index contributed by atoms with van der Waals surface area (Å²) in [5.41, 5.74) is 0. The van der Waals surface area contributed by atoms with Crippen molar-refractivity contribution in [2.45, 2.75) is 6.17 Å². The Morgan fingerprint density at radius 3 is 2.80 bits per heavy atom. The summed E-state index contributed by atoms with van der Waals surface area (Å²) in [5, 5.41) is 4.00. The number of alkyl halides is 1. The molecule has 6 heteroatoms. The van der Waals surface area contributed by atoms with E-state index in [1.807, 2.05) is 4.90 Å². The first-order valence-corrected chi connectivity index (χ1v) is 6.65. The fraction of sp³-hybridized carbons (Fsp3) is 0.778. The third-order valence-electron chi connectivity index (χ3n) is 2.22. The van der Waals surface area contributed by atoms with Gasteiger partial charge in [0.2, 0.25) is 0 Å². The van der Waals surface area contributed by atoms with Crippen LogP contribution in [0.4, 0.5) is 4.39 Å². The number of sulfone groups is 1. The smallest absolute Gasteiger partial charge is 0.172 e. The lowest BCUT2D eigenvalue weighted by Crippen LogP contribution is -2.48. The van der Waals surface area contributed by atoms with Gasteiger partial charge in [-0.1, -0.05) is 6.08 Å². The van der Waals surface area contributed by atoms with Crippen LogP contribution in [0.3, 0.4) is 0 Å². The van der Waals surface area contributed by atoms with Gasteiger partial charge in [-0.05, 0) is 7.05 Å². The fourth-order valence-electron chi connectivity index (χ4n) is 1.31. The van der Waals surface area contributed by atoms with Gasteiger partial charge >= 0.3 is 0 Å². The zero-order valence-corrected chi connectivity index (χ0v) is 9.63. The molecule has 1 aliphatic rings. The topological polar surface area (TPSA) is 49.4 Å². The first-order valence-electron chi connectivity index (χ1n) is 4.94. The molecule has 0 unspecified atom stereocenters. The van der Waals surface area contributed by atoms with Crippen molar-refractivity contribution in [1.82, 2.24) is 10.2 Å². The van der Waals surface area contributed by atoms with Crippen LogP contribution in [-0.2, 0) is 9.84 Å². The van der Waals surface area contributed by atoms with E-state index in [4.69, 9.17) is 0 Å². The molecule has 0 saturated carbocycles. The number of rotatable bonds is 6. The average Bonchev–Trinajstić information content (AvgIpc) is 2.12. The van der Waals surface area contributed by atoms with Gasteiger partial charge < -0.3 is 5.32 Å². The molecule has 1 heterocycles. The Bertz CT molecular complexity index is 315. The van der Waals surface area contributed by atoms with Crippen molar-refractivity contribution in [3.8, 4) is 0 Å². The van der Waals surface area contributed by atoms with E-state index in [1.165, 1.54) is 5.41 Å². The molecular weight excluding hydrogens is 219 g/mol. The number of likely N-dealkylation sites (tertiary alicyclic amines) is 1. The van der Waals surface area contributed by atoms with Gasteiger partial charge in [0, 0.05) is 33.0 Å². The molecule has 0 aromatic rings. The van der Waals surface area contributed by atoms with Gasteiger partial charge in [-0.2, -0.15) is 0 Å². The second kappa shape index (κ2) is 5.58. The Morgan fingerprint density at radius 1 is 1.60 bits per heavy atom. The van der Waals surface area contributed by atoms with E-state index in [9.17, 15) is 12.8 Å². The molecule has 0 spiro atoms. The number of hydrogen-bond donors (Lipinski definition) is 1. The highest BCUT2D eigenvalue weighted by Gasteiger charge is 2.24. The molecule has 1 rings (SSSR count). The van der Waals surface area contributed by atoms with Crippen LogP contribution >= 0.6 is 0 Å². The van der Waals surface area contributed by atoms with Crippen molar-refractivity contribution in [1.29, 1.82) is 0 Å². The largest absolute Gasteiger partial charge is 0.319 e. The molecule has 4 nitrogen and oxygen atoms in total. The maximum absolute atomic E-state index is 12.4. The van der Waals surface area contributed by atoms with Crippen LogP contribution in [0.1, 0.15) is 1.43 Å². The lowest BCUT2D eigenvalue weighted by Gasteiger charge is -2.33. The molecule has 1 fully saturated rings. The Balaban J connectivity index is 0.00000225. The zero-order valence-electron chi connectivity index (χ0n) is 8.82. The molecular formula is C9H19FN2O2S. The molecule has 0 aromatic carbocycles. The van der Waals surface area contributed by atoms with E-state index in [0.717, 1.165) is 0 Å². The Kier molecular flexibility index (Phi) is 4.69. The van der Waals surface area contributed by atoms with E-state index in [1.54, 1.807) is 13.1 Å². The SMILES string of the molecule is CNCCS(=O)(=O)/C=C/CN1CC(F)C1.[HH]. The number of nitrogens with zero attached hydrogens (tertiary/aromatic N) is 1. The third-order valence-corrected chi connectivity index (χ3v) is 3.60. The average molecular weight is 238 g/mol. The van der Waals surface area contributed by atoms with Crippen molar-refractivity contribution in [2.24, 2.45) is 0 Å². The minimum atomic E-state index is -3.10. The van der Waals surface area contributed by atoms with Crippen LogP contribution in [0.5, 0.6) is 0 Å². The van der Waals surface area contributed by atoms with Crippen molar-refractivity contribution >= 4 is 9.84 Å². The molecule has 1 saturated heterocycles. The number of nitrogens with one attached hydrogen (secondary N) is 1. The van der Waals surface area contributed by atoms with Gasteiger partial charge in [-0.3, -0.25) is 4.90 Å². The Morgan fingerprint density at radius 2 is 2.27 bits per heavy atom. The third kappa shape index (κ3) is 4.72. The maximum atomic E-state index is 12.4. The monoisotopic (exact) mass is 238 g/mol. The van der Waals surface area contributed by atoms with Gasteiger partial charge in [0.15, 0.2) is 9.84 Å². The van der Waals surface area contributed by atoms with Crippen molar-refractivity contribution in [3.63, 3.8) is 0 Å². The normalized spacial score (nSPS) is 19.6. The lowest BCUT2D eigenvalue weighted by atomic mass is 10.2. The van der Waals surface area contributed by atoms with Crippen molar-refractivity contribution in [3.05, 3.63) is 11.5 Å². The van der Waals surface area contributed by atoms with Crippen molar-refractivity contribution in [2.75, 3.05) is 39.0 Å². The van der Waals surface area contributed by atoms with Gasteiger partial charge in [-0.25, -0.2) is 12.8 Å². The summed E-state index contributed by atoms with van der Waals surface area (Å²) in [7, 11) is -1.39. The van der Waals surface area contributed by atoms with Gasteiger partial charge in [-0.15, -0.1) is 0 Å². The molecule has 90 valence electrons. The van der Waals surface area contributed by atoms with Crippen LogP contribution in [0, 0.1) is 0 Å². The molecule has 0 aliphatic carbocycles. The first-order chi connectivity index (χ1) is 7.03. The number of hydrogen-bond acceptors (Lipinski definition) is 4. The maximum Gasteiger partial charge on any atom is 0.172 e. The molecule has 0 radical (unpaired) electrons. The zero-order chi connectivity index (χ0) is 11.3. The Hall–Kier alpha value is -0.460. The summed E-state index contributed by atoms with van der Waals surface area (Å²) in [4.78, 5) is 1.86. The van der Waals surface area contributed by atoms with Gasteiger partial charge in [0.05, 0.1) is 5.75 Å². The highest BCUT2D eigenvalue weighted by molar-refractivity contribution is 7.94. The fourth-order valence-corrected chi connectivity index (χ4v) is 2.31. The Labute approximate surface area is 91.5 Å². The molecule has 0 amide bonds. The minimum Gasteiger partial charge on any atom is -0.319 e. The van der Waals surface area contributed by atoms with Crippen LogP contribution in [-0.4, -0.2) is 58.5 Å². The summed E-state index contributed by atoms with van der Waals surface area (Å²) in [6.07, 6.45) is 0.843. The first kappa shape index (κ1) is 12.6. The minimum absolute atomic E-state index is 0. The highest BCUT2D eigenvalue weighted by atomic mass is 32.2. The van der Waals surface area contributed by atoms with Gasteiger partial charge in [0.1, 0.15) is 6.17 Å². The predicted octanol–water partition coefficient (Wildman–Crippen LogP) is 0.0340. The number of halogens is 1. The standard InChI is InChI=1S/C9H17FN2O2S.H2/c1-11-3-6-15(13,14)5-2-4-12-7-9(10)8-12;/h2,5,9,11H,3-4,6-8H2,1H3;1H/b5-2+;. The lowest BCUT2D eigenvalue weighted by molar-refractivity contribution is 0.0772. The van der Waals surface area contributed by atoms with E-state index < -0.39 is 16.0 Å². The second-order valence-corrected chi connectivity index (χ2v) is 5.66. The predicted molar refractivity (Wildman–Crippen MR) is 60.3 cm³/mol. The van der Waals surface area contributed by atoms with E-state index in [2.05, 4.69) is 5.32 Å².